The number of ether oxygens (including phenoxy) is 2. The van der Waals surface area contributed by atoms with Crippen molar-refractivity contribution in [2.75, 3.05) is 14.2 Å². The van der Waals surface area contributed by atoms with Gasteiger partial charge in [-0.25, -0.2) is 0 Å². The predicted octanol–water partition coefficient (Wildman–Crippen LogP) is 2.90. The van der Waals surface area contributed by atoms with Crippen LogP contribution in [0.15, 0.2) is 18.2 Å². The zero-order chi connectivity index (χ0) is 14.8. The molecule has 108 valence electrons. The van der Waals surface area contributed by atoms with Crippen molar-refractivity contribution in [3.05, 3.63) is 23.8 Å². The minimum absolute atomic E-state index is 0.286. The molecule has 1 aromatic carbocycles. The van der Waals surface area contributed by atoms with Crippen molar-refractivity contribution in [1.29, 1.82) is 0 Å². The Morgan fingerprint density at radius 3 is 1.74 bits per heavy atom. The average Bonchev–Trinajstić information content (AvgIpc) is 2.35. The molecular weight excluding hydrogens is 261 g/mol. The number of aliphatic hydroxyl groups excluding tert-OH is 1. The highest BCUT2D eigenvalue weighted by Crippen LogP contribution is 2.39. The van der Waals surface area contributed by atoms with Crippen molar-refractivity contribution < 1.29 is 27.8 Å². The van der Waals surface area contributed by atoms with Crippen molar-refractivity contribution >= 4 is 0 Å². The molecule has 3 nitrogen and oxygen atoms in total. The molecule has 0 heterocycles. The largest absolute Gasteiger partial charge is 0.497 e. The molecule has 0 bridgehead atoms. The second kappa shape index (κ2) is 5.28. The first kappa shape index (κ1) is 15.6. The van der Waals surface area contributed by atoms with Crippen LogP contribution in [0, 0.1) is 0 Å². The van der Waals surface area contributed by atoms with Crippen molar-refractivity contribution in [2.24, 2.45) is 0 Å². The quantitative estimate of drug-likeness (QED) is 0.920. The Bertz CT molecular complexity index is 419. The number of alkyl halides is 3. The number of hydrogen-bond acceptors (Lipinski definition) is 3. The minimum Gasteiger partial charge on any atom is -0.497 e. The molecule has 1 rings (SSSR count). The average molecular weight is 278 g/mol. The van der Waals surface area contributed by atoms with Gasteiger partial charge >= 0.3 is 6.18 Å². The van der Waals surface area contributed by atoms with E-state index in [1.54, 1.807) is 6.07 Å². The molecule has 1 aromatic rings. The lowest BCUT2D eigenvalue weighted by Crippen LogP contribution is -2.44. The number of aliphatic hydroxyl groups is 1. The van der Waals surface area contributed by atoms with Gasteiger partial charge in [0.25, 0.3) is 0 Å². The van der Waals surface area contributed by atoms with Gasteiger partial charge in [0.15, 0.2) is 6.10 Å². The summed E-state index contributed by atoms with van der Waals surface area (Å²) in [4.78, 5) is 0. The van der Waals surface area contributed by atoms with Crippen molar-refractivity contribution in [2.45, 2.75) is 31.5 Å². The third-order valence-corrected chi connectivity index (χ3v) is 3.09. The van der Waals surface area contributed by atoms with Crippen LogP contribution in [-0.2, 0) is 5.41 Å². The highest BCUT2D eigenvalue weighted by Gasteiger charge is 2.48. The number of halogens is 3. The lowest BCUT2D eigenvalue weighted by Gasteiger charge is -2.32. The van der Waals surface area contributed by atoms with Gasteiger partial charge in [0, 0.05) is 11.5 Å². The molecule has 6 heteroatoms. The van der Waals surface area contributed by atoms with Gasteiger partial charge in [0.2, 0.25) is 0 Å². The van der Waals surface area contributed by atoms with Gasteiger partial charge < -0.3 is 14.6 Å². The van der Waals surface area contributed by atoms with E-state index in [1.807, 2.05) is 0 Å². The number of hydrogen-bond donors (Lipinski definition) is 1. The SMILES string of the molecule is COc1cc(OC)cc(C(C)(C)C(O)C(F)(F)F)c1. The number of rotatable bonds is 4. The molecule has 0 amide bonds. The van der Waals surface area contributed by atoms with Crippen LogP contribution in [0.25, 0.3) is 0 Å². The van der Waals surface area contributed by atoms with Crippen LogP contribution in [0.1, 0.15) is 19.4 Å². The minimum atomic E-state index is -4.69. The molecule has 0 aliphatic rings. The normalized spacial score (nSPS) is 14.1. The van der Waals surface area contributed by atoms with E-state index >= 15 is 0 Å². The molecule has 0 spiro atoms. The van der Waals surface area contributed by atoms with Crippen molar-refractivity contribution in [1.82, 2.24) is 0 Å². The zero-order valence-corrected chi connectivity index (χ0v) is 11.2. The van der Waals surface area contributed by atoms with E-state index in [-0.39, 0.29) is 5.56 Å². The van der Waals surface area contributed by atoms with Crippen molar-refractivity contribution in [3.63, 3.8) is 0 Å². The van der Waals surface area contributed by atoms with Crippen LogP contribution in [0.2, 0.25) is 0 Å². The molecule has 0 saturated carbocycles. The fourth-order valence-electron chi connectivity index (χ4n) is 1.75. The van der Waals surface area contributed by atoms with Crippen LogP contribution >= 0.6 is 0 Å². The van der Waals surface area contributed by atoms with E-state index in [0.29, 0.717) is 11.5 Å². The fraction of sp³-hybridized carbons (Fsp3) is 0.538. The summed E-state index contributed by atoms with van der Waals surface area (Å²) < 4.78 is 48.1. The van der Waals surface area contributed by atoms with Gasteiger partial charge in [-0.05, 0) is 17.7 Å². The smallest absolute Gasteiger partial charge is 0.415 e. The summed E-state index contributed by atoms with van der Waals surface area (Å²) in [6, 6.07) is 4.47. The molecule has 0 aliphatic heterocycles. The molecule has 0 radical (unpaired) electrons. The highest BCUT2D eigenvalue weighted by atomic mass is 19.4. The maximum atomic E-state index is 12.7. The lowest BCUT2D eigenvalue weighted by atomic mass is 9.79. The van der Waals surface area contributed by atoms with E-state index < -0.39 is 17.7 Å². The first-order valence-electron chi connectivity index (χ1n) is 5.61. The molecule has 0 saturated heterocycles. The van der Waals surface area contributed by atoms with Crippen LogP contribution < -0.4 is 9.47 Å². The van der Waals surface area contributed by atoms with Gasteiger partial charge in [-0.15, -0.1) is 0 Å². The fourth-order valence-corrected chi connectivity index (χ4v) is 1.75. The maximum absolute atomic E-state index is 12.7. The molecule has 1 unspecified atom stereocenters. The molecular formula is C13H17F3O3. The Kier molecular flexibility index (Phi) is 4.35. The highest BCUT2D eigenvalue weighted by molar-refractivity contribution is 5.42. The standard InChI is InChI=1S/C13H17F3O3/c1-12(2,11(17)13(14,15)16)8-5-9(18-3)7-10(6-8)19-4/h5-7,11,17H,1-4H3. The van der Waals surface area contributed by atoms with E-state index in [9.17, 15) is 18.3 Å². The topological polar surface area (TPSA) is 38.7 Å². The van der Waals surface area contributed by atoms with Crippen LogP contribution in [0.5, 0.6) is 11.5 Å². The number of benzene rings is 1. The first-order valence-corrected chi connectivity index (χ1v) is 5.61. The Hall–Kier alpha value is -1.43. The Labute approximate surface area is 110 Å². The molecule has 0 fully saturated rings. The predicted molar refractivity (Wildman–Crippen MR) is 64.6 cm³/mol. The van der Waals surface area contributed by atoms with E-state index in [4.69, 9.17) is 9.47 Å². The van der Waals surface area contributed by atoms with Gasteiger partial charge in [-0.3, -0.25) is 0 Å². The summed E-state index contributed by atoms with van der Waals surface area (Å²) in [7, 11) is 2.82. The maximum Gasteiger partial charge on any atom is 0.415 e. The lowest BCUT2D eigenvalue weighted by molar-refractivity contribution is -0.221. The third kappa shape index (κ3) is 3.32. The molecule has 1 atom stereocenters. The van der Waals surface area contributed by atoms with Crippen molar-refractivity contribution in [3.8, 4) is 11.5 Å². The zero-order valence-electron chi connectivity index (χ0n) is 11.2. The second-order valence-electron chi connectivity index (χ2n) is 4.77. The van der Waals surface area contributed by atoms with Gasteiger partial charge in [-0.2, -0.15) is 13.2 Å². The monoisotopic (exact) mass is 278 g/mol. The van der Waals surface area contributed by atoms with E-state index in [2.05, 4.69) is 0 Å². The Balaban J connectivity index is 3.27. The second-order valence-corrected chi connectivity index (χ2v) is 4.77. The summed E-state index contributed by atoms with van der Waals surface area (Å²) in [6.45, 7) is 2.64. The Morgan fingerprint density at radius 2 is 1.42 bits per heavy atom. The van der Waals surface area contributed by atoms with Gasteiger partial charge in [-0.1, -0.05) is 13.8 Å². The summed E-state index contributed by atoms with van der Waals surface area (Å²) >= 11 is 0. The third-order valence-electron chi connectivity index (χ3n) is 3.09. The molecule has 1 N–H and O–H groups in total. The molecule has 19 heavy (non-hydrogen) atoms. The van der Waals surface area contributed by atoms with Gasteiger partial charge in [0.05, 0.1) is 14.2 Å². The van der Waals surface area contributed by atoms with E-state index in [1.165, 1.54) is 40.2 Å². The summed E-state index contributed by atoms with van der Waals surface area (Å²) in [5.41, 5.74) is -1.23. The first-order chi connectivity index (χ1) is 8.62. The van der Waals surface area contributed by atoms with Gasteiger partial charge in [0.1, 0.15) is 11.5 Å². The summed E-state index contributed by atoms with van der Waals surface area (Å²) in [6.07, 6.45) is -7.17. The summed E-state index contributed by atoms with van der Waals surface area (Å²) in [5, 5.41) is 9.49. The summed E-state index contributed by atoms with van der Waals surface area (Å²) in [5.74, 6) is 0.744. The van der Waals surface area contributed by atoms with Crippen LogP contribution in [-0.4, -0.2) is 31.6 Å². The Morgan fingerprint density at radius 1 is 1.00 bits per heavy atom. The van der Waals surface area contributed by atoms with Crippen LogP contribution in [0.3, 0.4) is 0 Å². The van der Waals surface area contributed by atoms with E-state index in [0.717, 1.165) is 0 Å². The number of methoxy groups -OCH3 is 2. The molecule has 0 aromatic heterocycles. The molecule has 0 aliphatic carbocycles. The van der Waals surface area contributed by atoms with Crippen LogP contribution in [0.4, 0.5) is 13.2 Å².